The van der Waals surface area contributed by atoms with Crippen LogP contribution in [0.3, 0.4) is 0 Å². The zero-order valence-corrected chi connectivity index (χ0v) is 14.6. The number of rotatable bonds is 9. The van der Waals surface area contributed by atoms with Crippen LogP contribution in [-0.4, -0.2) is 49.4 Å². The van der Waals surface area contributed by atoms with Crippen LogP contribution in [0.25, 0.3) is 0 Å². The van der Waals surface area contributed by atoms with Crippen LogP contribution in [0, 0.1) is 0 Å². The Kier molecular flexibility index (Phi) is 8.30. The first kappa shape index (κ1) is 23.8. The lowest BCUT2D eigenvalue weighted by molar-refractivity contribution is -0.312. The summed E-state index contributed by atoms with van der Waals surface area (Å²) in [6.45, 7) is 2.98. The Morgan fingerprint density at radius 1 is 1.11 bits per heavy atom. The van der Waals surface area contributed by atoms with Crippen LogP contribution in [0.1, 0.15) is 12.0 Å². The number of ether oxygens (including phenoxy) is 3. The molecular weight excluding hydrogens is 398 g/mol. The van der Waals surface area contributed by atoms with E-state index in [1.807, 2.05) is 0 Å². The third kappa shape index (κ3) is 7.39. The molecule has 0 amide bonds. The van der Waals surface area contributed by atoms with Crippen LogP contribution < -0.4 is 4.74 Å². The number of hydrogen-bond donors (Lipinski definition) is 1. The van der Waals surface area contributed by atoms with E-state index in [0.29, 0.717) is 5.75 Å². The van der Waals surface area contributed by atoms with Gasteiger partial charge in [-0.2, -0.15) is 26.3 Å². The van der Waals surface area contributed by atoms with Crippen LogP contribution >= 0.6 is 0 Å². The molecule has 0 aliphatic rings. The fourth-order valence-electron chi connectivity index (χ4n) is 1.92. The minimum Gasteiger partial charge on any atom is -0.497 e. The highest BCUT2D eigenvalue weighted by Crippen LogP contribution is 2.36. The second kappa shape index (κ2) is 9.78. The molecule has 1 rings (SSSR count). The molecule has 0 aliphatic carbocycles. The molecule has 1 atom stereocenters. The van der Waals surface area contributed by atoms with Gasteiger partial charge < -0.3 is 19.3 Å². The van der Waals surface area contributed by atoms with Gasteiger partial charge in [-0.05, 0) is 17.7 Å². The minimum atomic E-state index is -5.85. The smallest absolute Gasteiger partial charge is 0.434 e. The van der Waals surface area contributed by atoms with Gasteiger partial charge in [-0.25, -0.2) is 4.79 Å². The molecule has 0 spiro atoms. The molecular formula is C17H18F6O5. The molecule has 1 N–H and O–H groups in total. The van der Waals surface area contributed by atoms with Crippen molar-refractivity contribution in [3.8, 4) is 5.75 Å². The van der Waals surface area contributed by atoms with Gasteiger partial charge in [-0.1, -0.05) is 18.7 Å². The molecule has 11 heteroatoms. The van der Waals surface area contributed by atoms with E-state index >= 15 is 0 Å². The quantitative estimate of drug-likeness (QED) is 0.289. The van der Waals surface area contributed by atoms with Crippen LogP contribution in [0.15, 0.2) is 36.4 Å². The number of carbonyl (C=O) groups is 1. The molecule has 0 aliphatic heterocycles. The molecule has 1 aromatic rings. The number of carbonyl (C=O) groups excluding carboxylic acids is 1. The molecule has 5 nitrogen and oxygen atoms in total. The number of methoxy groups -OCH3 is 1. The van der Waals surface area contributed by atoms with E-state index in [1.54, 1.807) is 24.3 Å². The number of benzene rings is 1. The van der Waals surface area contributed by atoms with E-state index in [2.05, 4.69) is 11.3 Å². The maximum absolute atomic E-state index is 12.4. The highest BCUT2D eigenvalue weighted by atomic mass is 19.4. The Morgan fingerprint density at radius 2 is 1.64 bits per heavy atom. The lowest BCUT2D eigenvalue weighted by atomic mass is 10.1. The van der Waals surface area contributed by atoms with Gasteiger partial charge in [0.15, 0.2) is 0 Å². The SMILES string of the molecule is C=C(C(=O)OC(C(F)(F)F)C(F)(F)F)[C@H](O)CCOCc1ccc(OC)cc1. The summed E-state index contributed by atoms with van der Waals surface area (Å²) in [5.74, 6) is -1.37. The van der Waals surface area contributed by atoms with Crippen molar-refractivity contribution in [3.63, 3.8) is 0 Å². The fourth-order valence-corrected chi connectivity index (χ4v) is 1.92. The van der Waals surface area contributed by atoms with Gasteiger partial charge in [0.25, 0.3) is 6.10 Å². The molecule has 0 unspecified atom stereocenters. The molecule has 1 aromatic carbocycles. The van der Waals surface area contributed by atoms with Crippen molar-refractivity contribution in [2.75, 3.05) is 13.7 Å². The van der Waals surface area contributed by atoms with Crippen LogP contribution in [0.2, 0.25) is 0 Å². The first-order chi connectivity index (χ1) is 12.9. The van der Waals surface area contributed by atoms with Crippen molar-refractivity contribution in [1.82, 2.24) is 0 Å². The fraction of sp³-hybridized carbons (Fsp3) is 0.471. The second-order valence-electron chi connectivity index (χ2n) is 5.60. The van der Waals surface area contributed by atoms with Gasteiger partial charge in [0.2, 0.25) is 0 Å². The van der Waals surface area contributed by atoms with Gasteiger partial charge in [-0.15, -0.1) is 0 Å². The van der Waals surface area contributed by atoms with Crippen molar-refractivity contribution in [2.24, 2.45) is 0 Å². The molecule has 28 heavy (non-hydrogen) atoms. The van der Waals surface area contributed by atoms with E-state index in [1.165, 1.54) is 7.11 Å². The highest BCUT2D eigenvalue weighted by Gasteiger charge is 2.60. The van der Waals surface area contributed by atoms with Crippen LogP contribution in [0.4, 0.5) is 26.3 Å². The Morgan fingerprint density at radius 3 is 2.11 bits per heavy atom. The highest BCUT2D eigenvalue weighted by molar-refractivity contribution is 5.89. The predicted molar refractivity (Wildman–Crippen MR) is 84.4 cm³/mol. The summed E-state index contributed by atoms with van der Waals surface area (Å²) in [5, 5.41) is 9.71. The van der Waals surface area contributed by atoms with E-state index in [9.17, 15) is 36.2 Å². The summed E-state index contributed by atoms with van der Waals surface area (Å²) in [6, 6.07) is 6.78. The first-order valence-electron chi connectivity index (χ1n) is 7.78. The summed E-state index contributed by atoms with van der Waals surface area (Å²) in [4.78, 5) is 11.5. The van der Waals surface area contributed by atoms with Gasteiger partial charge in [0, 0.05) is 13.0 Å². The van der Waals surface area contributed by atoms with Crippen molar-refractivity contribution in [1.29, 1.82) is 0 Å². The standard InChI is InChI=1S/C17H18F6O5/c1-10(14(25)28-15(16(18,19)20)17(21,22)23)13(24)7-8-27-9-11-3-5-12(26-2)6-4-11/h3-6,13,15,24H,1,7-9H2,2H3/t13-/m1/s1. The summed E-state index contributed by atoms with van der Waals surface area (Å²) < 4.78 is 88.0. The molecule has 0 fully saturated rings. The van der Waals surface area contributed by atoms with E-state index in [4.69, 9.17) is 9.47 Å². The van der Waals surface area contributed by atoms with Crippen molar-refractivity contribution in [2.45, 2.75) is 37.6 Å². The van der Waals surface area contributed by atoms with Crippen LogP contribution in [-0.2, 0) is 20.9 Å². The third-order valence-electron chi connectivity index (χ3n) is 3.45. The molecule has 0 aromatic heterocycles. The molecule has 0 saturated carbocycles. The Labute approximate surface area is 156 Å². The zero-order chi connectivity index (χ0) is 21.5. The number of esters is 1. The van der Waals surface area contributed by atoms with Gasteiger partial charge in [0.05, 0.1) is 25.4 Å². The number of alkyl halides is 6. The lowest BCUT2D eigenvalue weighted by Gasteiger charge is -2.24. The third-order valence-corrected chi connectivity index (χ3v) is 3.45. The van der Waals surface area contributed by atoms with Crippen molar-refractivity contribution < 1.29 is 50.5 Å². The normalized spacial score (nSPS) is 13.3. The largest absolute Gasteiger partial charge is 0.497 e. The number of aliphatic hydroxyl groups is 1. The maximum atomic E-state index is 12.4. The Hall–Kier alpha value is -2.27. The summed E-state index contributed by atoms with van der Waals surface area (Å²) in [7, 11) is 1.50. The monoisotopic (exact) mass is 416 g/mol. The Bertz CT molecular complexity index is 639. The van der Waals surface area contributed by atoms with E-state index in [0.717, 1.165) is 5.56 Å². The first-order valence-corrected chi connectivity index (χ1v) is 7.78. The summed E-state index contributed by atoms with van der Waals surface area (Å²) in [5.41, 5.74) is -0.182. The van der Waals surface area contributed by atoms with Gasteiger partial charge in [-0.3, -0.25) is 0 Å². The topological polar surface area (TPSA) is 65.0 Å². The number of halogens is 6. The average molecular weight is 416 g/mol. The van der Waals surface area contributed by atoms with E-state index < -0.39 is 36.1 Å². The molecule has 0 radical (unpaired) electrons. The van der Waals surface area contributed by atoms with Crippen LogP contribution in [0.5, 0.6) is 5.75 Å². The molecule has 158 valence electrons. The van der Waals surface area contributed by atoms with Crippen molar-refractivity contribution >= 4 is 5.97 Å². The number of hydrogen-bond acceptors (Lipinski definition) is 5. The zero-order valence-electron chi connectivity index (χ0n) is 14.6. The van der Waals surface area contributed by atoms with Gasteiger partial charge in [0.1, 0.15) is 5.75 Å². The lowest BCUT2D eigenvalue weighted by Crippen LogP contribution is -2.46. The second-order valence-corrected chi connectivity index (χ2v) is 5.60. The van der Waals surface area contributed by atoms with Crippen molar-refractivity contribution in [3.05, 3.63) is 42.0 Å². The van der Waals surface area contributed by atoms with Gasteiger partial charge >= 0.3 is 18.3 Å². The molecule has 0 saturated heterocycles. The maximum Gasteiger partial charge on any atom is 0.434 e. The summed E-state index contributed by atoms with van der Waals surface area (Å²) in [6.07, 6.45) is -18.0. The minimum absolute atomic E-state index is 0.123. The average Bonchev–Trinajstić information content (AvgIpc) is 2.60. The predicted octanol–water partition coefficient (Wildman–Crippen LogP) is 3.56. The van der Waals surface area contributed by atoms with E-state index in [-0.39, 0.29) is 19.6 Å². The molecule has 0 heterocycles. The molecule has 0 bridgehead atoms. The summed E-state index contributed by atoms with van der Waals surface area (Å²) >= 11 is 0. The number of aliphatic hydroxyl groups excluding tert-OH is 1. The Balaban J connectivity index is 2.49.